The van der Waals surface area contributed by atoms with Crippen LogP contribution in [0.5, 0.6) is 0 Å². The van der Waals surface area contributed by atoms with Crippen molar-refractivity contribution in [3.63, 3.8) is 0 Å². The third kappa shape index (κ3) is 0.660. The molecule has 13 heavy (non-hydrogen) atoms. The number of esters is 1. The molecule has 3 fully saturated rings. The minimum atomic E-state index is -0.118. The topological polar surface area (TPSA) is 26.3 Å². The van der Waals surface area contributed by atoms with Gasteiger partial charge in [0, 0.05) is 5.41 Å². The van der Waals surface area contributed by atoms with Crippen LogP contribution in [0.4, 0.5) is 0 Å². The lowest BCUT2D eigenvalue weighted by Crippen LogP contribution is -2.45. The molecule has 0 aromatic rings. The summed E-state index contributed by atoms with van der Waals surface area (Å²) < 4.78 is 5.57. The van der Waals surface area contributed by atoms with Crippen molar-refractivity contribution >= 4 is 5.97 Å². The minimum Gasteiger partial charge on any atom is -0.458 e. The van der Waals surface area contributed by atoms with E-state index in [1.807, 2.05) is 0 Å². The number of fused-ring (bicyclic) bond motifs is 5. The first-order valence-electron chi connectivity index (χ1n) is 5.28. The maximum absolute atomic E-state index is 11.4. The van der Waals surface area contributed by atoms with Crippen molar-refractivity contribution in [2.24, 2.45) is 17.3 Å². The lowest BCUT2D eigenvalue weighted by atomic mass is 9.65. The normalized spacial score (nSPS) is 58.2. The van der Waals surface area contributed by atoms with E-state index in [1.165, 1.54) is 19.3 Å². The first-order valence-corrected chi connectivity index (χ1v) is 5.28. The van der Waals surface area contributed by atoms with Gasteiger partial charge in [0.2, 0.25) is 0 Å². The predicted octanol–water partition coefficient (Wildman–Crippen LogP) is 2.13. The zero-order valence-electron chi connectivity index (χ0n) is 8.30. The largest absolute Gasteiger partial charge is 0.458 e. The molecule has 0 N–H and O–H groups in total. The van der Waals surface area contributed by atoms with Crippen molar-refractivity contribution in [1.82, 2.24) is 0 Å². The summed E-state index contributed by atoms with van der Waals surface area (Å²) in [7, 11) is 0. The molecule has 4 atom stereocenters. The number of ether oxygens (including phenoxy) is 1. The summed E-state index contributed by atoms with van der Waals surface area (Å²) in [6, 6.07) is 0. The van der Waals surface area contributed by atoms with Crippen molar-refractivity contribution < 1.29 is 9.53 Å². The molecule has 1 saturated heterocycles. The molecular weight excluding hydrogens is 164 g/mol. The van der Waals surface area contributed by atoms with Gasteiger partial charge in [-0.3, -0.25) is 4.79 Å². The predicted molar refractivity (Wildman–Crippen MR) is 48.1 cm³/mol. The molecule has 1 heterocycles. The number of carbonyl (C=O) groups excluding carboxylic acids is 1. The Bertz CT molecular complexity index is 260. The Balaban J connectivity index is 2.10. The maximum atomic E-state index is 11.4. The summed E-state index contributed by atoms with van der Waals surface area (Å²) in [6.45, 7) is 4.41. The quantitative estimate of drug-likeness (QED) is 0.534. The lowest BCUT2D eigenvalue weighted by molar-refractivity contribution is -0.154. The van der Waals surface area contributed by atoms with Crippen molar-refractivity contribution in [3.05, 3.63) is 0 Å². The molecule has 1 aliphatic heterocycles. The van der Waals surface area contributed by atoms with Gasteiger partial charge in [-0.15, -0.1) is 0 Å². The third-order valence-corrected chi connectivity index (χ3v) is 5.08. The van der Waals surface area contributed by atoms with Crippen LogP contribution in [0, 0.1) is 17.3 Å². The molecule has 2 saturated carbocycles. The van der Waals surface area contributed by atoms with Gasteiger partial charge in [0.15, 0.2) is 0 Å². The van der Waals surface area contributed by atoms with Crippen LogP contribution < -0.4 is 0 Å². The molecule has 2 bridgehead atoms. The summed E-state index contributed by atoms with van der Waals surface area (Å²) >= 11 is 0. The van der Waals surface area contributed by atoms with E-state index in [0.717, 1.165) is 5.92 Å². The van der Waals surface area contributed by atoms with E-state index in [4.69, 9.17) is 4.74 Å². The minimum absolute atomic E-state index is 0.0293. The van der Waals surface area contributed by atoms with E-state index in [1.54, 1.807) is 0 Å². The van der Waals surface area contributed by atoms with Crippen LogP contribution >= 0.6 is 0 Å². The summed E-state index contributed by atoms with van der Waals surface area (Å²) in [4.78, 5) is 11.4. The van der Waals surface area contributed by atoms with Crippen molar-refractivity contribution in [2.45, 2.75) is 45.1 Å². The summed E-state index contributed by atoms with van der Waals surface area (Å²) in [6.07, 6.45) is 4.53. The second-order valence-electron chi connectivity index (χ2n) is 5.38. The average molecular weight is 180 g/mol. The summed E-state index contributed by atoms with van der Waals surface area (Å²) in [5.41, 5.74) is 0.0417. The van der Waals surface area contributed by atoms with Crippen molar-refractivity contribution in [3.8, 4) is 0 Å². The summed E-state index contributed by atoms with van der Waals surface area (Å²) in [5, 5.41) is 0. The van der Waals surface area contributed by atoms with Crippen LogP contribution in [-0.2, 0) is 9.53 Å². The first kappa shape index (κ1) is 7.84. The van der Waals surface area contributed by atoms with E-state index >= 15 is 0 Å². The van der Waals surface area contributed by atoms with E-state index < -0.39 is 0 Å². The van der Waals surface area contributed by atoms with Crippen LogP contribution in [0.3, 0.4) is 0 Å². The molecule has 2 heteroatoms. The highest BCUT2D eigenvalue weighted by Crippen LogP contribution is 2.67. The number of carbonyl (C=O) groups is 1. The van der Waals surface area contributed by atoms with Crippen LogP contribution in [-0.4, -0.2) is 11.6 Å². The fourth-order valence-corrected chi connectivity index (χ4v) is 4.02. The van der Waals surface area contributed by atoms with Crippen LogP contribution in [0.15, 0.2) is 0 Å². The van der Waals surface area contributed by atoms with Gasteiger partial charge in [-0.2, -0.15) is 0 Å². The highest BCUT2D eigenvalue weighted by molar-refractivity contribution is 5.74. The SMILES string of the molecule is C[C@@]12CC(=O)O[C@]1(C)[C@@H]1CC[C@@H]2C1. The second kappa shape index (κ2) is 1.94. The molecular formula is C11H16O2. The highest BCUT2D eigenvalue weighted by Gasteiger charge is 2.68. The highest BCUT2D eigenvalue weighted by atomic mass is 16.6. The van der Waals surface area contributed by atoms with E-state index in [2.05, 4.69) is 13.8 Å². The molecule has 0 aromatic carbocycles. The average Bonchev–Trinajstić information content (AvgIpc) is 2.59. The van der Waals surface area contributed by atoms with Crippen molar-refractivity contribution in [2.75, 3.05) is 0 Å². The maximum Gasteiger partial charge on any atom is 0.307 e. The fourth-order valence-electron chi connectivity index (χ4n) is 4.02. The second-order valence-corrected chi connectivity index (χ2v) is 5.38. The fraction of sp³-hybridized carbons (Fsp3) is 0.909. The molecule has 3 aliphatic rings. The third-order valence-electron chi connectivity index (χ3n) is 5.08. The standard InChI is InChI=1S/C11H16O2/c1-10-6-9(12)13-11(10,2)8-4-3-7(10)5-8/h7-8H,3-6H2,1-2H3/t7-,8-,10+,11-/m1/s1. The van der Waals surface area contributed by atoms with Gasteiger partial charge in [-0.25, -0.2) is 0 Å². The van der Waals surface area contributed by atoms with Gasteiger partial charge >= 0.3 is 5.97 Å². The Kier molecular flexibility index (Phi) is 1.17. The van der Waals surface area contributed by atoms with Gasteiger partial charge in [0.05, 0.1) is 6.42 Å². The van der Waals surface area contributed by atoms with Gasteiger partial charge < -0.3 is 4.74 Å². The zero-order chi connectivity index (χ0) is 9.27. The Morgan fingerprint density at radius 2 is 2.00 bits per heavy atom. The molecule has 2 aliphatic carbocycles. The van der Waals surface area contributed by atoms with Gasteiger partial charge in [-0.05, 0) is 38.0 Å². The molecule has 0 radical (unpaired) electrons. The zero-order valence-corrected chi connectivity index (χ0v) is 8.30. The number of hydrogen-bond acceptors (Lipinski definition) is 2. The van der Waals surface area contributed by atoms with E-state index in [9.17, 15) is 4.79 Å². The smallest absolute Gasteiger partial charge is 0.307 e. The Labute approximate surface area is 78.6 Å². The van der Waals surface area contributed by atoms with Gasteiger partial charge in [-0.1, -0.05) is 6.92 Å². The van der Waals surface area contributed by atoms with Gasteiger partial charge in [0.25, 0.3) is 0 Å². The Hall–Kier alpha value is -0.530. The Morgan fingerprint density at radius 1 is 1.31 bits per heavy atom. The van der Waals surface area contributed by atoms with Crippen molar-refractivity contribution in [1.29, 1.82) is 0 Å². The number of hydrogen-bond donors (Lipinski definition) is 0. The van der Waals surface area contributed by atoms with Crippen LogP contribution in [0.1, 0.15) is 39.5 Å². The molecule has 72 valence electrons. The lowest BCUT2D eigenvalue weighted by Gasteiger charge is -2.41. The van der Waals surface area contributed by atoms with Gasteiger partial charge in [0.1, 0.15) is 5.60 Å². The van der Waals surface area contributed by atoms with E-state index in [0.29, 0.717) is 12.3 Å². The summed E-state index contributed by atoms with van der Waals surface area (Å²) in [5.74, 6) is 1.42. The molecule has 3 rings (SSSR count). The first-order chi connectivity index (χ1) is 6.06. The van der Waals surface area contributed by atoms with E-state index in [-0.39, 0.29) is 17.0 Å². The molecule has 2 nitrogen and oxygen atoms in total. The molecule has 0 aromatic heterocycles. The monoisotopic (exact) mass is 180 g/mol. The Morgan fingerprint density at radius 3 is 2.69 bits per heavy atom. The molecule has 0 amide bonds. The molecule has 0 unspecified atom stereocenters. The molecule has 0 spiro atoms. The number of rotatable bonds is 0. The van der Waals surface area contributed by atoms with Crippen LogP contribution in [0.25, 0.3) is 0 Å². The van der Waals surface area contributed by atoms with Crippen LogP contribution in [0.2, 0.25) is 0 Å².